The molecule has 1 aliphatic rings. The third kappa shape index (κ3) is 2.83. The van der Waals surface area contributed by atoms with Crippen LogP contribution in [-0.4, -0.2) is 40.8 Å². The van der Waals surface area contributed by atoms with Gasteiger partial charge in [0, 0.05) is 24.4 Å². The molecule has 1 aliphatic heterocycles. The summed E-state index contributed by atoms with van der Waals surface area (Å²) in [5, 5.41) is 2.61. The molecule has 4 nitrogen and oxygen atoms in total. The van der Waals surface area contributed by atoms with Gasteiger partial charge in [-0.15, -0.1) is 0 Å². The highest BCUT2D eigenvalue weighted by atomic mass is 127. The Morgan fingerprint density at radius 1 is 1.73 bits per heavy atom. The molecule has 0 aromatic carbocycles. The number of likely N-dealkylation sites (N-methyl/N-ethyl adjacent to an activating group) is 1. The molecule has 86 valence electrons. The van der Waals surface area contributed by atoms with E-state index < -0.39 is 0 Å². The Morgan fingerprint density at radius 3 is 2.80 bits per heavy atom. The molecule has 1 heterocycles. The van der Waals surface area contributed by atoms with Crippen molar-refractivity contribution in [2.75, 3.05) is 18.0 Å². The molecular weight excluding hydrogens is 307 g/mol. The van der Waals surface area contributed by atoms with Crippen molar-refractivity contribution in [2.45, 2.75) is 25.8 Å². The predicted molar refractivity (Wildman–Crippen MR) is 66.9 cm³/mol. The van der Waals surface area contributed by atoms with Crippen LogP contribution in [0.1, 0.15) is 19.8 Å². The monoisotopic (exact) mass is 324 g/mol. The maximum absolute atomic E-state index is 11.7. The van der Waals surface area contributed by atoms with Crippen LogP contribution in [0.5, 0.6) is 0 Å². The van der Waals surface area contributed by atoms with Crippen LogP contribution in [0.15, 0.2) is 0 Å². The van der Waals surface area contributed by atoms with Crippen molar-refractivity contribution in [3.8, 4) is 0 Å². The summed E-state index contributed by atoms with van der Waals surface area (Å²) in [4.78, 5) is 25.0. The van der Waals surface area contributed by atoms with Gasteiger partial charge in [0.25, 0.3) is 0 Å². The number of hydrogen-bond donors (Lipinski definition) is 1. The van der Waals surface area contributed by atoms with Crippen molar-refractivity contribution in [3.05, 3.63) is 0 Å². The Morgan fingerprint density at radius 2 is 2.40 bits per heavy atom. The number of amides is 2. The fourth-order valence-corrected chi connectivity index (χ4v) is 2.52. The molecule has 0 bridgehead atoms. The van der Waals surface area contributed by atoms with E-state index in [2.05, 4.69) is 27.9 Å². The van der Waals surface area contributed by atoms with E-state index in [4.69, 9.17) is 0 Å². The van der Waals surface area contributed by atoms with Crippen LogP contribution < -0.4 is 5.32 Å². The Kier molecular flexibility index (Phi) is 4.82. The molecule has 0 aromatic heterocycles. The van der Waals surface area contributed by atoms with Crippen molar-refractivity contribution in [3.63, 3.8) is 0 Å². The van der Waals surface area contributed by atoms with Gasteiger partial charge in [-0.05, 0) is 12.3 Å². The van der Waals surface area contributed by atoms with Crippen LogP contribution in [0, 0.1) is 5.92 Å². The summed E-state index contributed by atoms with van der Waals surface area (Å²) in [6, 6.07) is -0.282. The van der Waals surface area contributed by atoms with Gasteiger partial charge >= 0.3 is 0 Å². The van der Waals surface area contributed by atoms with Crippen LogP contribution in [-0.2, 0) is 9.59 Å². The molecule has 0 spiro atoms. The normalized spacial score (nSPS) is 23.0. The highest BCUT2D eigenvalue weighted by molar-refractivity contribution is 14.1. The van der Waals surface area contributed by atoms with E-state index in [0.717, 1.165) is 11.0 Å². The van der Waals surface area contributed by atoms with Gasteiger partial charge < -0.3 is 10.2 Å². The van der Waals surface area contributed by atoms with Crippen molar-refractivity contribution in [1.29, 1.82) is 0 Å². The first-order valence-electron chi connectivity index (χ1n) is 5.21. The largest absolute Gasteiger partial charge is 0.357 e. The molecule has 2 atom stereocenters. The number of carbonyl (C=O) groups excluding carboxylic acids is 2. The summed E-state index contributed by atoms with van der Waals surface area (Å²) in [6.07, 6.45) is 1.27. The van der Waals surface area contributed by atoms with E-state index >= 15 is 0 Å². The molecule has 5 heteroatoms. The number of alkyl halides is 1. The molecule has 0 saturated carbocycles. The van der Waals surface area contributed by atoms with E-state index in [0.29, 0.717) is 18.8 Å². The first-order valence-corrected chi connectivity index (χ1v) is 6.73. The van der Waals surface area contributed by atoms with Crippen molar-refractivity contribution < 1.29 is 9.59 Å². The van der Waals surface area contributed by atoms with Gasteiger partial charge in [0.2, 0.25) is 11.8 Å². The zero-order valence-corrected chi connectivity index (χ0v) is 11.3. The Labute approximate surface area is 104 Å². The average Bonchev–Trinajstić information content (AvgIpc) is 2.61. The second kappa shape index (κ2) is 5.67. The van der Waals surface area contributed by atoms with Gasteiger partial charge in [-0.2, -0.15) is 0 Å². The summed E-state index contributed by atoms with van der Waals surface area (Å²) >= 11 is 2.29. The fourth-order valence-electron chi connectivity index (χ4n) is 1.93. The van der Waals surface area contributed by atoms with Crippen LogP contribution in [0.4, 0.5) is 0 Å². The molecule has 0 aliphatic carbocycles. The number of rotatable bonds is 4. The maximum Gasteiger partial charge on any atom is 0.242 e. The molecule has 0 radical (unpaired) electrons. The molecule has 15 heavy (non-hydrogen) atoms. The minimum atomic E-state index is -0.282. The van der Waals surface area contributed by atoms with Crippen LogP contribution >= 0.6 is 22.6 Å². The summed E-state index contributed by atoms with van der Waals surface area (Å²) in [7, 11) is 1.61. The predicted octanol–water partition coefficient (Wildman–Crippen LogP) is 0.795. The highest BCUT2D eigenvalue weighted by Gasteiger charge is 2.35. The summed E-state index contributed by atoms with van der Waals surface area (Å²) in [5.74, 6) is 0.476. The lowest BCUT2D eigenvalue weighted by Crippen LogP contribution is -2.46. The van der Waals surface area contributed by atoms with Gasteiger partial charge in [0.1, 0.15) is 6.04 Å². The molecule has 0 aromatic rings. The molecule has 1 N–H and O–H groups in total. The Bertz CT molecular complexity index is 258. The van der Waals surface area contributed by atoms with Gasteiger partial charge in [-0.1, -0.05) is 29.5 Å². The minimum Gasteiger partial charge on any atom is -0.357 e. The van der Waals surface area contributed by atoms with Gasteiger partial charge in [-0.25, -0.2) is 0 Å². The third-order valence-corrected chi connectivity index (χ3v) is 4.01. The lowest BCUT2D eigenvalue weighted by molar-refractivity contribution is -0.137. The fraction of sp³-hybridized carbons (Fsp3) is 0.800. The Hall–Kier alpha value is -0.330. The van der Waals surface area contributed by atoms with Gasteiger partial charge in [0.05, 0.1) is 0 Å². The number of hydrogen-bond acceptors (Lipinski definition) is 2. The second-order valence-corrected chi connectivity index (χ2v) is 4.69. The molecule has 1 rings (SSSR count). The molecule has 2 amide bonds. The minimum absolute atomic E-state index is 0.0556. The molecular formula is C10H17IN2O2. The van der Waals surface area contributed by atoms with Crippen molar-refractivity contribution in [1.82, 2.24) is 10.2 Å². The quantitative estimate of drug-likeness (QED) is 0.614. The number of halogens is 1. The second-order valence-electron chi connectivity index (χ2n) is 3.81. The summed E-state index contributed by atoms with van der Waals surface area (Å²) < 4.78 is 0.976. The van der Waals surface area contributed by atoms with E-state index in [1.165, 1.54) is 0 Å². The average molecular weight is 324 g/mol. The van der Waals surface area contributed by atoms with Gasteiger partial charge in [0.15, 0.2) is 0 Å². The van der Waals surface area contributed by atoms with Crippen molar-refractivity contribution >= 4 is 34.4 Å². The van der Waals surface area contributed by atoms with Crippen molar-refractivity contribution in [2.24, 2.45) is 5.92 Å². The smallest absolute Gasteiger partial charge is 0.242 e. The first-order chi connectivity index (χ1) is 7.13. The van der Waals surface area contributed by atoms with Crippen LogP contribution in [0.2, 0.25) is 0 Å². The summed E-state index contributed by atoms with van der Waals surface area (Å²) in [5.41, 5.74) is 0. The van der Waals surface area contributed by atoms with Gasteiger partial charge in [-0.3, -0.25) is 9.59 Å². The number of nitrogens with one attached hydrogen (secondary N) is 1. The van der Waals surface area contributed by atoms with E-state index in [9.17, 15) is 9.59 Å². The third-order valence-electron chi connectivity index (χ3n) is 2.77. The zero-order chi connectivity index (χ0) is 11.4. The van der Waals surface area contributed by atoms with E-state index in [1.54, 1.807) is 11.9 Å². The topological polar surface area (TPSA) is 49.4 Å². The zero-order valence-electron chi connectivity index (χ0n) is 9.12. The number of likely N-dealkylation sites (tertiary alicyclic amines) is 1. The number of carbonyl (C=O) groups is 2. The van der Waals surface area contributed by atoms with E-state index in [1.807, 2.05) is 6.92 Å². The SMILES string of the molecule is CC[C@@H](C(=O)NC)N1C[C@@H](CI)CC1=O. The standard InChI is InChI=1S/C10H17IN2O2/c1-3-8(10(15)12-2)13-6-7(5-11)4-9(13)14/h7-8H,3-6H2,1-2H3,(H,12,15)/t7-,8+/m1/s1. The molecule has 1 saturated heterocycles. The summed E-state index contributed by atoms with van der Waals surface area (Å²) in [6.45, 7) is 2.66. The van der Waals surface area contributed by atoms with Crippen LogP contribution in [0.3, 0.4) is 0 Å². The first kappa shape index (κ1) is 12.7. The molecule has 0 unspecified atom stereocenters. The van der Waals surface area contributed by atoms with Crippen LogP contribution in [0.25, 0.3) is 0 Å². The maximum atomic E-state index is 11.7. The highest BCUT2D eigenvalue weighted by Crippen LogP contribution is 2.23. The Balaban J connectivity index is 2.69. The van der Waals surface area contributed by atoms with E-state index in [-0.39, 0.29) is 17.9 Å². The lowest BCUT2D eigenvalue weighted by Gasteiger charge is -2.25. The lowest BCUT2D eigenvalue weighted by atomic mass is 10.1. The molecule has 1 fully saturated rings. The number of nitrogens with zero attached hydrogens (tertiary/aromatic N) is 1.